The fourth-order valence-corrected chi connectivity index (χ4v) is 1.38. The predicted octanol–water partition coefficient (Wildman–Crippen LogP) is 2.32. The highest BCUT2D eigenvalue weighted by atomic mass is 19.4. The second-order valence-corrected chi connectivity index (χ2v) is 3.81. The van der Waals surface area contributed by atoms with Crippen LogP contribution in [0.3, 0.4) is 0 Å². The van der Waals surface area contributed by atoms with E-state index in [0.29, 0.717) is 6.42 Å². The summed E-state index contributed by atoms with van der Waals surface area (Å²) in [5, 5.41) is 14.4. The Bertz CT molecular complexity index is 392. The molecule has 0 bridgehead atoms. The second-order valence-electron chi connectivity index (χ2n) is 3.81. The van der Waals surface area contributed by atoms with Crippen LogP contribution < -0.4 is 10.6 Å². The Labute approximate surface area is 103 Å². The molecule has 1 heterocycles. The SMILES string of the molecule is CCC(CO)Nc1cc(C(F)(F)F)cc(NC)n1. The first-order chi connectivity index (χ1) is 8.40. The standard InChI is InChI=1S/C11H16F3N3O/c1-3-8(6-18)16-10-5-7(11(12,13)14)4-9(15-2)17-10/h4-5,8,18H,3,6H2,1-2H3,(H2,15,16,17). The van der Waals surface area contributed by atoms with Crippen LogP contribution in [0.4, 0.5) is 24.8 Å². The first-order valence-corrected chi connectivity index (χ1v) is 5.55. The average molecular weight is 263 g/mol. The molecule has 18 heavy (non-hydrogen) atoms. The van der Waals surface area contributed by atoms with Crippen LogP contribution in [-0.2, 0) is 6.18 Å². The number of hydrogen-bond acceptors (Lipinski definition) is 4. The van der Waals surface area contributed by atoms with Crippen molar-refractivity contribution in [3.05, 3.63) is 17.7 Å². The minimum absolute atomic E-state index is 0.0927. The van der Waals surface area contributed by atoms with Gasteiger partial charge in [0, 0.05) is 7.05 Å². The topological polar surface area (TPSA) is 57.2 Å². The zero-order chi connectivity index (χ0) is 13.8. The highest BCUT2D eigenvalue weighted by Crippen LogP contribution is 2.32. The Morgan fingerprint density at radius 2 is 1.94 bits per heavy atom. The zero-order valence-corrected chi connectivity index (χ0v) is 10.2. The fourth-order valence-electron chi connectivity index (χ4n) is 1.38. The number of aromatic nitrogens is 1. The number of anilines is 2. The van der Waals surface area contributed by atoms with Crippen molar-refractivity contribution < 1.29 is 18.3 Å². The van der Waals surface area contributed by atoms with E-state index < -0.39 is 11.7 Å². The minimum Gasteiger partial charge on any atom is -0.394 e. The van der Waals surface area contributed by atoms with Gasteiger partial charge in [-0.2, -0.15) is 13.2 Å². The Morgan fingerprint density at radius 1 is 1.33 bits per heavy atom. The number of nitrogens with zero attached hydrogens (tertiary/aromatic N) is 1. The average Bonchev–Trinajstić information content (AvgIpc) is 2.34. The number of rotatable bonds is 5. The van der Waals surface area contributed by atoms with Gasteiger partial charge in [-0.3, -0.25) is 0 Å². The number of aliphatic hydroxyl groups is 1. The summed E-state index contributed by atoms with van der Waals surface area (Å²) in [7, 11) is 1.50. The van der Waals surface area contributed by atoms with E-state index in [-0.39, 0.29) is 24.3 Å². The van der Waals surface area contributed by atoms with Gasteiger partial charge >= 0.3 is 6.18 Å². The molecule has 4 nitrogen and oxygen atoms in total. The molecule has 0 aromatic carbocycles. The van der Waals surface area contributed by atoms with Crippen LogP contribution in [0.5, 0.6) is 0 Å². The van der Waals surface area contributed by atoms with E-state index in [2.05, 4.69) is 15.6 Å². The molecule has 0 radical (unpaired) electrons. The maximum absolute atomic E-state index is 12.7. The summed E-state index contributed by atoms with van der Waals surface area (Å²) >= 11 is 0. The van der Waals surface area contributed by atoms with Crippen molar-refractivity contribution in [3.63, 3.8) is 0 Å². The molecule has 0 spiro atoms. The quantitative estimate of drug-likeness (QED) is 0.763. The Balaban J connectivity index is 3.04. The van der Waals surface area contributed by atoms with Crippen molar-refractivity contribution in [2.24, 2.45) is 0 Å². The molecule has 1 unspecified atom stereocenters. The smallest absolute Gasteiger partial charge is 0.394 e. The Hall–Kier alpha value is -1.50. The molecule has 1 aromatic rings. The van der Waals surface area contributed by atoms with Crippen molar-refractivity contribution in [2.45, 2.75) is 25.6 Å². The van der Waals surface area contributed by atoms with Crippen molar-refractivity contribution in [1.29, 1.82) is 0 Å². The molecule has 1 aromatic heterocycles. The van der Waals surface area contributed by atoms with Crippen molar-refractivity contribution >= 4 is 11.6 Å². The molecule has 0 aliphatic rings. The highest BCUT2D eigenvalue weighted by Gasteiger charge is 2.31. The van der Waals surface area contributed by atoms with Crippen molar-refractivity contribution in [3.8, 4) is 0 Å². The monoisotopic (exact) mass is 263 g/mol. The molecule has 0 aliphatic carbocycles. The molecule has 3 N–H and O–H groups in total. The molecule has 0 fully saturated rings. The van der Waals surface area contributed by atoms with E-state index in [4.69, 9.17) is 5.11 Å². The third-order valence-electron chi connectivity index (χ3n) is 2.47. The Kier molecular flexibility index (Phi) is 4.77. The van der Waals surface area contributed by atoms with Crippen LogP contribution in [-0.4, -0.2) is 29.8 Å². The molecule has 1 rings (SSSR count). The summed E-state index contributed by atoms with van der Waals surface area (Å²) in [4.78, 5) is 3.97. The van der Waals surface area contributed by atoms with Gasteiger partial charge in [0.2, 0.25) is 0 Å². The summed E-state index contributed by atoms with van der Waals surface area (Å²) in [5.74, 6) is 0.218. The van der Waals surface area contributed by atoms with Gasteiger partial charge in [0.25, 0.3) is 0 Å². The first kappa shape index (κ1) is 14.6. The van der Waals surface area contributed by atoms with Gasteiger partial charge in [0.1, 0.15) is 11.6 Å². The normalized spacial score (nSPS) is 13.2. The molecule has 102 valence electrons. The van der Waals surface area contributed by atoms with E-state index in [9.17, 15) is 13.2 Å². The number of pyridine rings is 1. The summed E-state index contributed by atoms with van der Waals surface area (Å²) in [6.07, 6.45) is -3.84. The summed E-state index contributed by atoms with van der Waals surface area (Å²) in [6, 6.07) is 1.55. The van der Waals surface area contributed by atoms with Crippen LogP contribution in [0.25, 0.3) is 0 Å². The van der Waals surface area contributed by atoms with Crippen LogP contribution >= 0.6 is 0 Å². The lowest BCUT2D eigenvalue weighted by atomic mass is 10.2. The molecule has 0 amide bonds. The third kappa shape index (κ3) is 3.76. The number of hydrogen-bond donors (Lipinski definition) is 3. The van der Waals surface area contributed by atoms with E-state index in [0.717, 1.165) is 12.1 Å². The predicted molar refractivity (Wildman–Crippen MR) is 63.6 cm³/mol. The lowest BCUT2D eigenvalue weighted by molar-refractivity contribution is -0.137. The molecule has 0 saturated carbocycles. The summed E-state index contributed by atoms with van der Waals surface area (Å²) < 4.78 is 38.0. The molecule has 7 heteroatoms. The van der Waals surface area contributed by atoms with E-state index in [1.165, 1.54) is 7.05 Å². The van der Waals surface area contributed by atoms with Crippen molar-refractivity contribution in [1.82, 2.24) is 4.98 Å². The number of alkyl halides is 3. The number of halogens is 3. The van der Waals surface area contributed by atoms with Gasteiger partial charge in [-0.1, -0.05) is 6.92 Å². The fraction of sp³-hybridized carbons (Fsp3) is 0.545. The van der Waals surface area contributed by atoms with Gasteiger partial charge in [0.15, 0.2) is 0 Å². The van der Waals surface area contributed by atoms with Gasteiger partial charge in [-0.25, -0.2) is 4.98 Å². The maximum Gasteiger partial charge on any atom is 0.416 e. The van der Waals surface area contributed by atoms with Gasteiger partial charge in [-0.15, -0.1) is 0 Å². The van der Waals surface area contributed by atoms with Crippen molar-refractivity contribution in [2.75, 3.05) is 24.3 Å². The lowest BCUT2D eigenvalue weighted by Crippen LogP contribution is -2.23. The summed E-state index contributed by atoms with van der Waals surface area (Å²) in [6.45, 7) is 1.66. The van der Waals surface area contributed by atoms with Gasteiger partial charge < -0.3 is 15.7 Å². The van der Waals surface area contributed by atoms with Crippen LogP contribution in [0.15, 0.2) is 12.1 Å². The minimum atomic E-state index is -4.42. The molecule has 1 atom stereocenters. The largest absolute Gasteiger partial charge is 0.416 e. The van der Waals surface area contributed by atoms with Gasteiger partial charge in [-0.05, 0) is 18.6 Å². The summed E-state index contributed by atoms with van der Waals surface area (Å²) in [5.41, 5.74) is -0.780. The van der Waals surface area contributed by atoms with E-state index >= 15 is 0 Å². The maximum atomic E-state index is 12.7. The first-order valence-electron chi connectivity index (χ1n) is 5.55. The van der Waals surface area contributed by atoms with Crippen LogP contribution in [0.1, 0.15) is 18.9 Å². The van der Waals surface area contributed by atoms with E-state index in [1.54, 1.807) is 0 Å². The molecule has 0 aliphatic heterocycles. The highest BCUT2D eigenvalue weighted by molar-refractivity contribution is 5.49. The number of nitrogens with one attached hydrogen (secondary N) is 2. The number of aliphatic hydroxyl groups excluding tert-OH is 1. The third-order valence-corrected chi connectivity index (χ3v) is 2.47. The molecular formula is C11H16F3N3O. The van der Waals surface area contributed by atoms with Crippen LogP contribution in [0.2, 0.25) is 0 Å². The second kappa shape index (κ2) is 5.90. The van der Waals surface area contributed by atoms with Crippen LogP contribution in [0, 0.1) is 0 Å². The zero-order valence-electron chi connectivity index (χ0n) is 10.2. The van der Waals surface area contributed by atoms with Gasteiger partial charge in [0.05, 0.1) is 18.2 Å². The lowest BCUT2D eigenvalue weighted by Gasteiger charge is -2.17. The molecular weight excluding hydrogens is 247 g/mol. The molecule has 0 saturated heterocycles. The van der Waals surface area contributed by atoms with E-state index in [1.807, 2.05) is 6.92 Å². The Morgan fingerprint density at radius 3 is 2.39 bits per heavy atom.